The molecule has 0 unspecified atom stereocenters. The Labute approximate surface area is 116 Å². The van der Waals surface area contributed by atoms with Crippen molar-refractivity contribution in [1.82, 2.24) is 4.98 Å². The van der Waals surface area contributed by atoms with Crippen molar-refractivity contribution in [2.45, 2.75) is 6.18 Å². The summed E-state index contributed by atoms with van der Waals surface area (Å²) < 4.78 is 38.0. The van der Waals surface area contributed by atoms with E-state index in [0.717, 1.165) is 12.1 Å². The number of rotatable bonds is 2. The van der Waals surface area contributed by atoms with Crippen molar-refractivity contribution in [3.8, 4) is 11.3 Å². The van der Waals surface area contributed by atoms with Crippen LogP contribution in [0.1, 0.15) is 5.56 Å². The minimum absolute atomic E-state index is 0.0754. The molecule has 20 heavy (non-hydrogen) atoms. The summed E-state index contributed by atoms with van der Waals surface area (Å²) in [5.74, 6) is 0. The number of nitro benzene ring substituents is 1. The lowest BCUT2D eigenvalue weighted by molar-refractivity contribution is -0.384. The minimum Gasteiger partial charge on any atom is -0.258 e. The molecule has 0 N–H and O–H groups in total. The van der Waals surface area contributed by atoms with E-state index in [1.807, 2.05) is 0 Å². The second-order valence-electron chi connectivity index (χ2n) is 3.87. The molecule has 0 aliphatic carbocycles. The molecule has 0 fully saturated rings. The van der Waals surface area contributed by atoms with E-state index in [-0.39, 0.29) is 22.1 Å². The Kier molecular flexibility index (Phi) is 3.63. The van der Waals surface area contributed by atoms with Crippen LogP contribution in [0.25, 0.3) is 11.3 Å². The Bertz CT molecular complexity index is 674. The number of hydrogen-bond acceptors (Lipinski definition) is 3. The number of non-ortho nitro benzene ring substituents is 1. The van der Waals surface area contributed by atoms with Gasteiger partial charge in [-0.05, 0) is 12.1 Å². The second-order valence-corrected chi connectivity index (χ2v) is 4.26. The van der Waals surface area contributed by atoms with Gasteiger partial charge in [-0.15, -0.1) is 0 Å². The van der Waals surface area contributed by atoms with Gasteiger partial charge in [-0.25, -0.2) is 4.98 Å². The quantitative estimate of drug-likeness (QED) is 0.471. The molecule has 4 nitrogen and oxygen atoms in total. The molecule has 0 radical (unpaired) electrons. The summed E-state index contributed by atoms with van der Waals surface area (Å²) in [6.45, 7) is 0. The predicted octanol–water partition coefficient (Wildman–Crippen LogP) is 4.33. The van der Waals surface area contributed by atoms with Crippen molar-refractivity contribution in [2.24, 2.45) is 0 Å². The van der Waals surface area contributed by atoms with Gasteiger partial charge in [-0.3, -0.25) is 10.1 Å². The zero-order chi connectivity index (χ0) is 14.9. The smallest absolute Gasteiger partial charge is 0.258 e. The number of hydrogen-bond donors (Lipinski definition) is 0. The summed E-state index contributed by atoms with van der Waals surface area (Å²) in [6, 6.07) is 6.65. The van der Waals surface area contributed by atoms with Gasteiger partial charge in [0.1, 0.15) is 5.15 Å². The number of aromatic nitrogens is 1. The van der Waals surface area contributed by atoms with E-state index < -0.39 is 16.7 Å². The summed E-state index contributed by atoms with van der Waals surface area (Å²) in [4.78, 5) is 13.8. The third-order valence-electron chi connectivity index (χ3n) is 2.47. The molecule has 2 aromatic rings. The van der Waals surface area contributed by atoms with Gasteiger partial charge in [0.2, 0.25) is 0 Å². The Morgan fingerprint density at radius 3 is 2.50 bits per heavy atom. The summed E-state index contributed by atoms with van der Waals surface area (Å²) in [6.07, 6.45) is -4.57. The average molecular weight is 303 g/mol. The van der Waals surface area contributed by atoms with E-state index in [1.54, 1.807) is 0 Å². The average Bonchev–Trinajstić information content (AvgIpc) is 2.37. The van der Waals surface area contributed by atoms with Gasteiger partial charge in [0.15, 0.2) is 0 Å². The molecule has 8 heteroatoms. The maximum atomic E-state index is 12.7. The lowest BCUT2D eigenvalue weighted by Gasteiger charge is -2.09. The van der Waals surface area contributed by atoms with Crippen LogP contribution in [0.3, 0.4) is 0 Å². The number of benzene rings is 1. The number of halogens is 4. The van der Waals surface area contributed by atoms with Crippen molar-refractivity contribution in [2.75, 3.05) is 0 Å². The van der Waals surface area contributed by atoms with Crippen LogP contribution in [-0.2, 0) is 6.18 Å². The highest BCUT2D eigenvalue weighted by Crippen LogP contribution is 2.33. The molecule has 1 aromatic heterocycles. The number of alkyl halides is 3. The normalized spacial score (nSPS) is 11.4. The molecule has 0 atom stereocenters. The summed E-state index contributed by atoms with van der Waals surface area (Å²) in [5.41, 5.74) is -1.09. The van der Waals surface area contributed by atoms with Crippen LogP contribution in [-0.4, -0.2) is 9.91 Å². The van der Waals surface area contributed by atoms with Crippen molar-refractivity contribution in [3.63, 3.8) is 0 Å². The zero-order valence-corrected chi connectivity index (χ0v) is 10.4. The molecule has 1 heterocycles. The Hall–Kier alpha value is -2.15. The van der Waals surface area contributed by atoms with E-state index in [1.165, 1.54) is 18.2 Å². The fourth-order valence-electron chi connectivity index (χ4n) is 1.59. The maximum absolute atomic E-state index is 12.7. The molecule has 0 saturated carbocycles. The van der Waals surface area contributed by atoms with Gasteiger partial charge >= 0.3 is 6.18 Å². The number of nitro groups is 1. The van der Waals surface area contributed by atoms with Crippen molar-refractivity contribution >= 4 is 17.3 Å². The summed E-state index contributed by atoms with van der Waals surface area (Å²) >= 11 is 5.56. The molecule has 0 saturated heterocycles. The summed E-state index contributed by atoms with van der Waals surface area (Å²) in [5, 5.41) is 10.3. The topological polar surface area (TPSA) is 56.0 Å². The lowest BCUT2D eigenvalue weighted by atomic mass is 10.1. The van der Waals surface area contributed by atoms with Gasteiger partial charge in [0.05, 0.1) is 16.2 Å². The SMILES string of the molecule is O=[N+]([O-])c1cccc(-c2cc(C(F)(F)F)cc(Cl)n2)c1. The highest BCUT2D eigenvalue weighted by Gasteiger charge is 2.31. The number of pyridine rings is 1. The van der Waals surface area contributed by atoms with Crippen LogP contribution in [0.4, 0.5) is 18.9 Å². The molecule has 0 aliphatic heterocycles. The van der Waals surface area contributed by atoms with Crippen LogP contribution in [0, 0.1) is 10.1 Å². The fourth-order valence-corrected chi connectivity index (χ4v) is 1.80. The van der Waals surface area contributed by atoms with Crippen molar-refractivity contribution in [1.29, 1.82) is 0 Å². The third-order valence-corrected chi connectivity index (χ3v) is 2.67. The van der Waals surface area contributed by atoms with Gasteiger partial charge in [-0.2, -0.15) is 13.2 Å². The molecular weight excluding hydrogens is 297 g/mol. The molecule has 0 amide bonds. The molecular formula is C12H6ClF3N2O2. The molecule has 104 valence electrons. The maximum Gasteiger partial charge on any atom is 0.416 e. The highest BCUT2D eigenvalue weighted by atomic mass is 35.5. The van der Waals surface area contributed by atoms with Crippen molar-refractivity contribution < 1.29 is 18.1 Å². The van der Waals surface area contributed by atoms with Crippen LogP contribution in [0.2, 0.25) is 5.15 Å². The van der Waals surface area contributed by atoms with Crippen LogP contribution in [0.5, 0.6) is 0 Å². The zero-order valence-electron chi connectivity index (χ0n) is 9.69. The Morgan fingerprint density at radius 1 is 1.20 bits per heavy atom. The Balaban J connectivity index is 2.55. The van der Waals surface area contributed by atoms with Gasteiger partial charge in [0, 0.05) is 17.7 Å². The van der Waals surface area contributed by atoms with Crippen molar-refractivity contribution in [3.05, 3.63) is 57.2 Å². The van der Waals surface area contributed by atoms with E-state index in [0.29, 0.717) is 6.07 Å². The van der Waals surface area contributed by atoms with Crippen LogP contribution in [0.15, 0.2) is 36.4 Å². The molecule has 0 spiro atoms. The lowest BCUT2D eigenvalue weighted by Crippen LogP contribution is -2.05. The molecule has 2 rings (SSSR count). The first kappa shape index (κ1) is 14.3. The van der Waals surface area contributed by atoms with Crippen LogP contribution >= 0.6 is 11.6 Å². The molecule has 0 aliphatic rings. The van der Waals surface area contributed by atoms with E-state index in [9.17, 15) is 23.3 Å². The summed E-state index contributed by atoms with van der Waals surface area (Å²) in [7, 11) is 0. The largest absolute Gasteiger partial charge is 0.416 e. The first-order valence-electron chi connectivity index (χ1n) is 5.27. The molecule has 0 bridgehead atoms. The van der Waals surface area contributed by atoms with E-state index in [2.05, 4.69) is 4.98 Å². The Morgan fingerprint density at radius 2 is 1.90 bits per heavy atom. The third kappa shape index (κ3) is 3.05. The van der Waals surface area contributed by atoms with Crippen LogP contribution < -0.4 is 0 Å². The predicted molar refractivity (Wildman–Crippen MR) is 66.3 cm³/mol. The first-order chi connectivity index (χ1) is 9.27. The standard InChI is InChI=1S/C12H6ClF3N2O2/c13-11-6-8(12(14,15)16)5-10(17-11)7-2-1-3-9(4-7)18(19)20/h1-6H. The van der Waals surface area contributed by atoms with Gasteiger partial charge in [-0.1, -0.05) is 23.7 Å². The second kappa shape index (κ2) is 5.09. The van der Waals surface area contributed by atoms with Gasteiger partial charge in [0.25, 0.3) is 5.69 Å². The number of nitrogens with zero attached hydrogens (tertiary/aromatic N) is 2. The van der Waals surface area contributed by atoms with E-state index in [4.69, 9.17) is 11.6 Å². The highest BCUT2D eigenvalue weighted by molar-refractivity contribution is 6.29. The van der Waals surface area contributed by atoms with E-state index >= 15 is 0 Å². The monoisotopic (exact) mass is 302 g/mol. The van der Waals surface area contributed by atoms with Gasteiger partial charge < -0.3 is 0 Å². The first-order valence-corrected chi connectivity index (χ1v) is 5.65. The molecule has 1 aromatic carbocycles. The minimum atomic E-state index is -4.57. The fraction of sp³-hybridized carbons (Fsp3) is 0.0833.